The van der Waals surface area contributed by atoms with Crippen LogP contribution in [0.3, 0.4) is 0 Å². The molecule has 1 heterocycles. The van der Waals surface area contributed by atoms with Crippen LogP contribution in [0, 0.1) is 12.7 Å². The zero-order chi connectivity index (χ0) is 14.2. The van der Waals surface area contributed by atoms with Crippen molar-refractivity contribution in [3.05, 3.63) is 39.4 Å². The van der Waals surface area contributed by atoms with E-state index in [-0.39, 0.29) is 15.6 Å². The molecule has 2 rings (SSSR count). The fourth-order valence-corrected chi connectivity index (χ4v) is 4.64. The van der Waals surface area contributed by atoms with Crippen LogP contribution < -0.4 is 10.5 Å². The molecular weight excluding hydrogens is 355 g/mol. The van der Waals surface area contributed by atoms with Crippen LogP contribution in [0.5, 0.6) is 0 Å². The summed E-state index contributed by atoms with van der Waals surface area (Å²) in [6, 6.07) is 5.31. The molecule has 0 spiro atoms. The maximum Gasteiger partial charge on any atom is 0.271 e. The van der Waals surface area contributed by atoms with E-state index in [1.54, 1.807) is 13.0 Å². The molecule has 0 bridgehead atoms. The van der Waals surface area contributed by atoms with Gasteiger partial charge in [-0.15, -0.1) is 11.3 Å². The lowest BCUT2D eigenvalue weighted by atomic mass is 10.3. The Bertz CT molecular complexity index is 709. The van der Waals surface area contributed by atoms with Gasteiger partial charge in [0.15, 0.2) is 0 Å². The molecule has 3 N–H and O–H groups in total. The highest BCUT2D eigenvalue weighted by molar-refractivity contribution is 9.11. The van der Waals surface area contributed by atoms with Crippen LogP contribution in [0.15, 0.2) is 32.3 Å². The Hall–Kier alpha value is -1.12. The first kappa shape index (κ1) is 14.3. The summed E-state index contributed by atoms with van der Waals surface area (Å²) < 4.78 is 40.7. The van der Waals surface area contributed by atoms with E-state index in [0.29, 0.717) is 0 Å². The van der Waals surface area contributed by atoms with Gasteiger partial charge in [-0.05, 0) is 46.6 Å². The predicted octanol–water partition coefficient (Wildman–Crippen LogP) is 3.34. The molecule has 0 saturated heterocycles. The van der Waals surface area contributed by atoms with Crippen molar-refractivity contribution in [3.8, 4) is 0 Å². The van der Waals surface area contributed by atoms with E-state index in [2.05, 4.69) is 20.7 Å². The number of anilines is 2. The molecule has 8 heteroatoms. The Morgan fingerprint density at radius 3 is 2.58 bits per heavy atom. The average molecular weight is 365 g/mol. The molecule has 0 fully saturated rings. The van der Waals surface area contributed by atoms with Gasteiger partial charge in [0.2, 0.25) is 0 Å². The highest BCUT2D eigenvalue weighted by Gasteiger charge is 2.18. The minimum absolute atomic E-state index is 0.0299. The third-order valence-corrected chi connectivity index (χ3v) is 6.34. The van der Waals surface area contributed by atoms with E-state index in [0.717, 1.165) is 26.8 Å². The van der Waals surface area contributed by atoms with Crippen molar-refractivity contribution in [3.63, 3.8) is 0 Å². The normalized spacial score (nSPS) is 11.5. The van der Waals surface area contributed by atoms with E-state index in [1.807, 2.05) is 0 Å². The average Bonchev–Trinajstić information content (AvgIpc) is 2.65. The molecule has 0 aliphatic heterocycles. The van der Waals surface area contributed by atoms with Crippen LogP contribution in [-0.4, -0.2) is 8.42 Å². The molecule has 0 atom stereocenters. The number of nitrogens with two attached hydrogens (primary N) is 1. The second-order valence-corrected chi connectivity index (χ2v) is 8.14. The third kappa shape index (κ3) is 3.07. The fraction of sp³-hybridized carbons (Fsp3) is 0.0909. The first-order chi connectivity index (χ1) is 8.79. The van der Waals surface area contributed by atoms with Crippen molar-refractivity contribution in [2.75, 3.05) is 10.5 Å². The molecule has 1 aromatic carbocycles. The van der Waals surface area contributed by atoms with Gasteiger partial charge in [0.25, 0.3) is 10.0 Å². The quantitative estimate of drug-likeness (QED) is 0.820. The number of hydrogen-bond acceptors (Lipinski definition) is 4. The Balaban J connectivity index is 2.33. The Kier molecular flexibility index (Phi) is 3.84. The van der Waals surface area contributed by atoms with Crippen molar-refractivity contribution in [1.82, 2.24) is 0 Å². The van der Waals surface area contributed by atoms with Crippen molar-refractivity contribution in [2.24, 2.45) is 0 Å². The second-order valence-electron chi connectivity index (χ2n) is 3.86. The van der Waals surface area contributed by atoms with Crippen LogP contribution in [0.2, 0.25) is 0 Å². The summed E-state index contributed by atoms with van der Waals surface area (Å²) in [5.74, 6) is -0.663. The lowest BCUT2D eigenvalue weighted by Crippen LogP contribution is -2.11. The van der Waals surface area contributed by atoms with Crippen LogP contribution in [0.25, 0.3) is 0 Å². The fourth-order valence-electron chi connectivity index (χ4n) is 1.36. The van der Waals surface area contributed by atoms with Gasteiger partial charge < -0.3 is 5.73 Å². The van der Waals surface area contributed by atoms with Crippen LogP contribution >= 0.6 is 27.3 Å². The molecule has 0 aliphatic carbocycles. The second kappa shape index (κ2) is 5.10. The van der Waals surface area contributed by atoms with Crippen molar-refractivity contribution in [2.45, 2.75) is 11.1 Å². The van der Waals surface area contributed by atoms with Crippen LogP contribution in [-0.2, 0) is 10.0 Å². The van der Waals surface area contributed by atoms with Gasteiger partial charge in [-0.1, -0.05) is 0 Å². The highest BCUT2D eigenvalue weighted by atomic mass is 79.9. The van der Waals surface area contributed by atoms with Gasteiger partial charge in [0.1, 0.15) is 10.0 Å². The molecule has 4 nitrogen and oxygen atoms in total. The smallest absolute Gasteiger partial charge is 0.271 e. The van der Waals surface area contributed by atoms with E-state index >= 15 is 0 Å². The van der Waals surface area contributed by atoms with Gasteiger partial charge >= 0.3 is 0 Å². The van der Waals surface area contributed by atoms with E-state index in [1.165, 1.54) is 12.1 Å². The number of benzene rings is 1. The summed E-state index contributed by atoms with van der Waals surface area (Å²) >= 11 is 4.36. The van der Waals surface area contributed by atoms with Gasteiger partial charge in [0.05, 0.1) is 15.2 Å². The molecule has 1 aromatic heterocycles. The summed E-state index contributed by atoms with van der Waals surface area (Å²) in [4.78, 5) is 0. The molecule has 0 saturated carbocycles. The zero-order valence-electron chi connectivity index (χ0n) is 9.78. The van der Waals surface area contributed by atoms with Gasteiger partial charge in [-0.25, -0.2) is 12.8 Å². The number of nitrogens with one attached hydrogen (secondary N) is 1. The lowest BCUT2D eigenvalue weighted by Gasteiger charge is -2.06. The number of halogens is 2. The van der Waals surface area contributed by atoms with Gasteiger partial charge in [-0.2, -0.15) is 0 Å². The molecule has 19 heavy (non-hydrogen) atoms. The summed E-state index contributed by atoms with van der Waals surface area (Å²) in [5, 5.41) is 0. The molecule has 0 radical (unpaired) electrons. The topological polar surface area (TPSA) is 72.2 Å². The zero-order valence-corrected chi connectivity index (χ0v) is 13.0. The molecule has 2 aromatic rings. The first-order valence-electron chi connectivity index (χ1n) is 5.13. The summed E-state index contributed by atoms with van der Waals surface area (Å²) in [6.45, 7) is 1.79. The number of sulfonamides is 1. The highest BCUT2D eigenvalue weighted by Crippen LogP contribution is 2.31. The monoisotopic (exact) mass is 364 g/mol. The minimum Gasteiger partial charge on any atom is -0.396 e. The molecule has 102 valence electrons. The first-order valence-corrected chi connectivity index (χ1v) is 8.22. The standard InChI is InChI=1S/C11H10BrFN2O2S2/c1-6-4-10(18-11(6)12)19(16,17)15-7-2-3-9(14)8(13)5-7/h2-5,15H,14H2,1H3. The third-order valence-electron chi connectivity index (χ3n) is 2.35. The summed E-state index contributed by atoms with van der Waals surface area (Å²) in [7, 11) is -3.71. The van der Waals surface area contributed by atoms with Crippen molar-refractivity contribution in [1.29, 1.82) is 0 Å². The van der Waals surface area contributed by atoms with Crippen LogP contribution in [0.4, 0.5) is 15.8 Å². The number of rotatable bonds is 3. The van der Waals surface area contributed by atoms with E-state index in [4.69, 9.17) is 5.73 Å². The minimum atomic E-state index is -3.71. The Morgan fingerprint density at radius 2 is 2.05 bits per heavy atom. The maximum absolute atomic E-state index is 13.3. The number of aryl methyl sites for hydroxylation is 1. The predicted molar refractivity (Wildman–Crippen MR) is 78.4 cm³/mol. The number of hydrogen-bond donors (Lipinski definition) is 2. The lowest BCUT2D eigenvalue weighted by molar-refractivity contribution is 0.603. The van der Waals surface area contributed by atoms with E-state index in [9.17, 15) is 12.8 Å². The number of thiophene rings is 1. The SMILES string of the molecule is Cc1cc(S(=O)(=O)Nc2ccc(N)c(F)c2)sc1Br. The van der Waals surface area contributed by atoms with Crippen LogP contribution in [0.1, 0.15) is 5.56 Å². The van der Waals surface area contributed by atoms with Crippen molar-refractivity contribution >= 4 is 48.7 Å². The Morgan fingerprint density at radius 1 is 1.37 bits per heavy atom. The molecular formula is C11H10BrFN2O2S2. The Labute approximate surface area is 122 Å². The number of nitrogen functional groups attached to an aromatic ring is 1. The van der Waals surface area contributed by atoms with E-state index < -0.39 is 15.8 Å². The molecule has 0 unspecified atom stereocenters. The summed E-state index contributed by atoms with van der Waals surface area (Å²) in [5.41, 5.74) is 6.26. The van der Waals surface area contributed by atoms with Gasteiger partial charge in [-0.3, -0.25) is 4.72 Å². The summed E-state index contributed by atoms with van der Waals surface area (Å²) in [6.07, 6.45) is 0. The molecule has 0 amide bonds. The van der Waals surface area contributed by atoms with Gasteiger partial charge in [0, 0.05) is 6.07 Å². The van der Waals surface area contributed by atoms with Crippen molar-refractivity contribution < 1.29 is 12.8 Å². The molecule has 0 aliphatic rings. The maximum atomic E-state index is 13.3. The largest absolute Gasteiger partial charge is 0.396 e.